The summed E-state index contributed by atoms with van der Waals surface area (Å²) in [5, 5.41) is 8.88. The summed E-state index contributed by atoms with van der Waals surface area (Å²) < 4.78 is 38.9. The third-order valence-corrected chi connectivity index (χ3v) is 3.46. The van der Waals surface area contributed by atoms with Crippen molar-refractivity contribution < 1.29 is 17.9 Å². The van der Waals surface area contributed by atoms with Crippen molar-refractivity contribution in [3.8, 4) is 5.75 Å². The van der Waals surface area contributed by atoms with Crippen molar-refractivity contribution in [3.05, 3.63) is 36.0 Å². The Morgan fingerprint density at radius 3 is 2.72 bits per heavy atom. The van der Waals surface area contributed by atoms with E-state index in [4.69, 9.17) is 5.11 Å². The molecule has 1 heterocycles. The van der Waals surface area contributed by atoms with E-state index in [0.717, 1.165) is 18.3 Å². The van der Waals surface area contributed by atoms with Gasteiger partial charge in [-0.25, -0.2) is 9.37 Å². The van der Waals surface area contributed by atoms with E-state index in [2.05, 4.69) is 14.7 Å². The molecule has 0 aliphatic rings. The molecule has 0 saturated heterocycles. The number of nitrogens with one attached hydrogen (secondary N) is 2. The highest BCUT2D eigenvalue weighted by molar-refractivity contribution is 7.92. The summed E-state index contributed by atoms with van der Waals surface area (Å²) in [6.45, 7) is 1.61. The third kappa shape index (κ3) is 2.43. The maximum absolute atomic E-state index is 13.1. The first-order valence-electron chi connectivity index (χ1n) is 4.91. The second-order valence-electron chi connectivity index (χ2n) is 3.60. The lowest BCUT2D eigenvalue weighted by Gasteiger charge is -2.06. The predicted octanol–water partition coefficient (Wildman–Crippen LogP) is 1.36. The number of aromatic nitrogens is 2. The van der Waals surface area contributed by atoms with Crippen molar-refractivity contribution >= 4 is 15.7 Å². The number of phenolic OH excluding ortho intramolecular Hbond substituents is 1. The molecule has 0 bridgehead atoms. The molecule has 18 heavy (non-hydrogen) atoms. The van der Waals surface area contributed by atoms with Crippen molar-refractivity contribution in [2.24, 2.45) is 0 Å². The number of aryl methyl sites for hydroxylation is 1. The molecule has 0 spiro atoms. The van der Waals surface area contributed by atoms with E-state index >= 15 is 0 Å². The van der Waals surface area contributed by atoms with Gasteiger partial charge in [0, 0.05) is 6.07 Å². The Morgan fingerprint density at radius 1 is 1.44 bits per heavy atom. The van der Waals surface area contributed by atoms with Crippen LogP contribution in [0, 0.1) is 12.7 Å². The zero-order chi connectivity index (χ0) is 13.3. The Bertz CT molecular complexity index is 681. The highest BCUT2D eigenvalue weighted by Gasteiger charge is 2.17. The smallest absolute Gasteiger partial charge is 0.278 e. The Labute approximate surface area is 103 Å². The molecule has 0 radical (unpaired) electrons. The van der Waals surface area contributed by atoms with Gasteiger partial charge in [-0.15, -0.1) is 0 Å². The van der Waals surface area contributed by atoms with E-state index in [1.807, 2.05) is 0 Å². The molecule has 0 fully saturated rings. The molecule has 0 atom stereocenters. The van der Waals surface area contributed by atoms with Gasteiger partial charge in [-0.05, 0) is 19.1 Å². The van der Waals surface area contributed by atoms with Gasteiger partial charge in [0.05, 0.1) is 11.9 Å². The van der Waals surface area contributed by atoms with Gasteiger partial charge in [-0.2, -0.15) is 8.42 Å². The zero-order valence-electron chi connectivity index (χ0n) is 9.31. The van der Waals surface area contributed by atoms with Crippen LogP contribution in [0.5, 0.6) is 5.75 Å². The highest BCUT2D eigenvalue weighted by Crippen LogP contribution is 2.21. The second-order valence-corrected chi connectivity index (χ2v) is 5.26. The van der Waals surface area contributed by atoms with Crippen LogP contribution in [0.2, 0.25) is 0 Å². The summed E-state index contributed by atoms with van der Waals surface area (Å²) in [5.74, 6) is -1.00. The van der Waals surface area contributed by atoms with Crippen LogP contribution < -0.4 is 4.72 Å². The van der Waals surface area contributed by atoms with Gasteiger partial charge in [-0.1, -0.05) is 0 Å². The molecule has 2 aromatic rings. The number of aromatic hydroxyl groups is 1. The molecule has 0 amide bonds. The number of hydrogen-bond acceptors (Lipinski definition) is 4. The molecular formula is C10H10FN3O3S. The Hall–Kier alpha value is -2.09. The highest BCUT2D eigenvalue weighted by atomic mass is 32.2. The molecule has 2 rings (SSSR count). The molecule has 0 aliphatic heterocycles. The summed E-state index contributed by atoms with van der Waals surface area (Å²) in [6.07, 6.45) is 1.16. The van der Waals surface area contributed by atoms with Gasteiger partial charge in [-0.3, -0.25) is 4.72 Å². The Kier molecular flexibility index (Phi) is 2.95. The summed E-state index contributed by atoms with van der Waals surface area (Å²) in [5.41, 5.74) is 0.0116. The largest absolute Gasteiger partial charge is 0.505 e. The average molecular weight is 271 g/mol. The maximum atomic E-state index is 13.1. The first-order chi connectivity index (χ1) is 8.38. The molecule has 8 heteroatoms. The Morgan fingerprint density at radius 2 is 2.17 bits per heavy atom. The number of rotatable bonds is 3. The minimum absolute atomic E-state index is 0.0116. The quantitative estimate of drug-likeness (QED) is 0.734. The number of phenols is 1. The fourth-order valence-electron chi connectivity index (χ4n) is 1.32. The zero-order valence-corrected chi connectivity index (χ0v) is 10.1. The fourth-order valence-corrected chi connectivity index (χ4v) is 2.34. The fraction of sp³-hybridized carbons (Fsp3) is 0.100. The van der Waals surface area contributed by atoms with Crippen LogP contribution in [0.1, 0.15) is 5.82 Å². The number of imidazole rings is 1. The van der Waals surface area contributed by atoms with E-state index in [1.165, 1.54) is 6.07 Å². The van der Waals surface area contributed by atoms with Crippen molar-refractivity contribution in [3.63, 3.8) is 0 Å². The molecule has 1 aromatic heterocycles. The lowest BCUT2D eigenvalue weighted by molar-refractivity contribution is 0.432. The van der Waals surface area contributed by atoms with Crippen molar-refractivity contribution in [2.75, 3.05) is 4.72 Å². The van der Waals surface area contributed by atoms with Crippen LogP contribution in [0.4, 0.5) is 10.1 Å². The number of anilines is 1. The molecule has 0 saturated carbocycles. The van der Waals surface area contributed by atoms with E-state index in [9.17, 15) is 12.8 Å². The first-order valence-corrected chi connectivity index (χ1v) is 6.40. The van der Waals surface area contributed by atoms with Crippen LogP contribution in [-0.4, -0.2) is 23.5 Å². The molecule has 1 aromatic carbocycles. The van der Waals surface area contributed by atoms with Crippen molar-refractivity contribution in [1.82, 2.24) is 9.97 Å². The van der Waals surface area contributed by atoms with Gasteiger partial charge in [0.2, 0.25) is 0 Å². The van der Waals surface area contributed by atoms with E-state index in [-0.39, 0.29) is 10.7 Å². The minimum Gasteiger partial charge on any atom is -0.505 e. The number of nitrogens with zero attached hydrogens (tertiary/aromatic N) is 1. The standard InChI is InChI=1S/C10H10FN3O3S/c1-6-12-5-10(13-6)18(16,17)14-7-2-3-9(15)8(11)4-7/h2-5,14-15H,1H3,(H,12,13). The summed E-state index contributed by atoms with van der Waals surface area (Å²) in [4.78, 5) is 6.33. The topological polar surface area (TPSA) is 95.1 Å². The van der Waals surface area contributed by atoms with E-state index < -0.39 is 21.6 Å². The van der Waals surface area contributed by atoms with Gasteiger partial charge < -0.3 is 10.1 Å². The van der Waals surface area contributed by atoms with E-state index in [0.29, 0.717) is 5.82 Å². The van der Waals surface area contributed by atoms with E-state index in [1.54, 1.807) is 6.92 Å². The molecule has 96 valence electrons. The number of H-pyrrole nitrogens is 1. The number of sulfonamides is 1. The molecule has 0 unspecified atom stereocenters. The molecule has 0 aliphatic carbocycles. The SMILES string of the molecule is Cc1ncc(S(=O)(=O)Nc2ccc(O)c(F)c2)[nH]1. The van der Waals surface area contributed by atoms with Crippen molar-refractivity contribution in [2.45, 2.75) is 11.9 Å². The predicted molar refractivity (Wildman–Crippen MR) is 62.2 cm³/mol. The van der Waals surface area contributed by atoms with Crippen LogP contribution in [0.15, 0.2) is 29.4 Å². The Balaban J connectivity index is 2.30. The second kappa shape index (κ2) is 4.30. The minimum atomic E-state index is -3.84. The van der Waals surface area contributed by atoms with Gasteiger partial charge in [0.15, 0.2) is 16.6 Å². The van der Waals surface area contributed by atoms with Crippen LogP contribution in [0.25, 0.3) is 0 Å². The summed E-state index contributed by atoms with van der Waals surface area (Å²) in [6, 6.07) is 3.20. The third-order valence-electron chi connectivity index (χ3n) is 2.17. The summed E-state index contributed by atoms with van der Waals surface area (Å²) >= 11 is 0. The average Bonchev–Trinajstić information content (AvgIpc) is 2.71. The van der Waals surface area contributed by atoms with Crippen LogP contribution in [0.3, 0.4) is 0 Å². The number of aromatic amines is 1. The van der Waals surface area contributed by atoms with Crippen molar-refractivity contribution in [1.29, 1.82) is 0 Å². The normalized spacial score (nSPS) is 11.4. The molecular weight excluding hydrogens is 261 g/mol. The van der Waals surface area contributed by atoms with Crippen LogP contribution >= 0.6 is 0 Å². The first kappa shape index (κ1) is 12.4. The van der Waals surface area contributed by atoms with Crippen LogP contribution in [-0.2, 0) is 10.0 Å². The number of halogens is 1. The van der Waals surface area contributed by atoms with Gasteiger partial charge in [0.1, 0.15) is 5.82 Å². The number of benzene rings is 1. The maximum Gasteiger partial charge on any atom is 0.278 e. The monoisotopic (exact) mass is 271 g/mol. The molecule has 3 N–H and O–H groups in total. The lowest BCUT2D eigenvalue weighted by Crippen LogP contribution is -2.13. The van der Waals surface area contributed by atoms with Gasteiger partial charge >= 0.3 is 0 Å². The molecule has 6 nitrogen and oxygen atoms in total. The summed E-state index contributed by atoms with van der Waals surface area (Å²) in [7, 11) is -3.84. The lowest BCUT2D eigenvalue weighted by atomic mass is 10.3. The number of hydrogen-bond donors (Lipinski definition) is 3. The van der Waals surface area contributed by atoms with Gasteiger partial charge in [0.25, 0.3) is 10.0 Å².